The smallest absolute Gasteiger partial charge is 0.350 e. The van der Waals surface area contributed by atoms with Crippen molar-refractivity contribution in [3.05, 3.63) is 95.4 Å². The normalized spacial score (nSPS) is 11.0. The standard InChI is InChI=1S/C27H24N2O6S2/c1-3-35-27(31)25-23(17-24(36-25)18-8-5-4-6-9-18)28-26(30)19-10-7-11-20(16-19)29-37(32,33)22-14-12-21(34-2)13-15-22/h4-17,29H,3H2,1-2H3,(H,28,30). The second-order valence-corrected chi connectivity index (χ2v) is 10.5. The molecule has 1 heterocycles. The highest BCUT2D eigenvalue weighted by Crippen LogP contribution is 2.35. The summed E-state index contributed by atoms with van der Waals surface area (Å²) in [5.74, 6) is -0.511. The fourth-order valence-electron chi connectivity index (χ4n) is 3.46. The van der Waals surface area contributed by atoms with Crippen LogP contribution in [0.25, 0.3) is 10.4 Å². The molecule has 2 N–H and O–H groups in total. The van der Waals surface area contributed by atoms with Crippen LogP contribution < -0.4 is 14.8 Å². The summed E-state index contributed by atoms with van der Waals surface area (Å²) in [6, 6.07) is 23.2. The number of benzene rings is 3. The Bertz CT molecular complexity index is 1510. The summed E-state index contributed by atoms with van der Waals surface area (Å²) in [5, 5.41) is 2.77. The monoisotopic (exact) mass is 536 g/mol. The Balaban J connectivity index is 1.57. The van der Waals surface area contributed by atoms with E-state index in [-0.39, 0.29) is 27.6 Å². The lowest BCUT2D eigenvalue weighted by Crippen LogP contribution is -2.16. The van der Waals surface area contributed by atoms with Crippen LogP contribution in [0.1, 0.15) is 27.0 Å². The van der Waals surface area contributed by atoms with Crippen molar-refractivity contribution >= 4 is 44.6 Å². The second-order valence-electron chi connectivity index (χ2n) is 7.76. The third-order valence-corrected chi connectivity index (χ3v) is 7.81. The lowest BCUT2D eigenvalue weighted by atomic mass is 10.1. The number of anilines is 2. The van der Waals surface area contributed by atoms with Gasteiger partial charge in [0.25, 0.3) is 15.9 Å². The average molecular weight is 537 g/mol. The molecule has 0 saturated carbocycles. The van der Waals surface area contributed by atoms with E-state index in [9.17, 15) is 18.0 Å². The number of amides is 1. The number of nitrogens with one attached hydrogen (secondary N) is 2. The van der Waals surface area contributed by atoms with Crippen LogP contribution in [-0.2, 0) is 14.8 Å². The number of hydrogen-bond acceptors (Lipinski definition) is 7. The van der Waals surface area contributed by atoms with Gasteiger partial charge in [0.15, 0.2) is 0 Å². The third-order valence-electron chi connectivity index (χ3n) is 5.25. The molecule has 0 atom stereocenters. The molecule has 0 unspecified atom stereocenters. The molecule has 4 aromatic rings. The number of sulfonamides is 1. The molecule has 190 valence electrons. The van der Waals surface area contributed by atoms with E-state index in [1.165, 1.54) is 36.6 Å². The maximum atomic E-state index is 13.1. The first-order valence-corrected chi connectivity index (χ1v) is 13.6. The number of carbonyl (C=O) groups is 2. The van der Waals surface area contributed by atoms with Crippen LogP contribution in [0, 0.1) is 0 Å². The fraction of sp³-hybridized carbons (Fsp3) is 0.111. The van der Waals surface area contributed by atoms with Crippen LogP contribution in [0.4, 0.5) is 11.4 Å². The fourth-order valence-corrected chi connectivity index (χ4v) is 5.53. The highest BCUT2D eigenvalue weighted by Gasteiger charge is 2.21. The van der Waals surface area contributed by atoms with Crippen LogP contribution in [0.3, 0.4) is 0 Å². The molecule has 3 aromatic carbocycles. The molecule has 0 spiro atoms. The van der Waals surface area contributed by atoms with Crippen molar-refractivity contribution < 1.29 is 27.5 Å². The largest absolute Gasteiger partial charge is 0.497 e. The lowest BCUT2D eigenvalue weighted by molar-refractivity contribution is 0.0533. The number of carbonyl (C=O) groups excluding carboxylic acids is 2. The first-order valence-electron chi connectivity index (χ1n) is 11.3. The van der Waals surface area contributed by atoms with E-state index in [4.69, 9.17) is 9.47 Å². The van der Waals surface area contributed by atoms with Crippen LogP contribution in [0.5, 0.6) is 5.75 Å². The van der Waals surface area contributed by atoms with Gasteiger partial charge in [0.1, 0.15) is 10.6 Å². The van der Waals surface area contributed by atoms with Gasteiger partial charge in [0, 0.05) is 16.1 Å². The molecule has 37 heavy (non-hydrogen) atoms. The average Bonchev–Trinajstić information content (AvgIpc) is 3.33. The molecule has 0 aliphatic heterocycles. The number of thiophene rings is 1. The van der Waals surface area contributed by atoms with Gasteiger partial charge in [0.05, 0.1) is 24.3 Å². The molecular formula is C27H24N2O6S2. The Labute approximate surface area is 218 Å². The van der Waals surface area contributed by atoms with E-state index in [1.54, 1.807) is 43.3 Å². The maximum Gasteiger partial charge on any atom is 0.350 e. The van der Waals surface area contributed by atoms with Crippen molar-refractivity contribution in [2.75, 3.05) is 23.8 Å². The molecule has 0 bridgehead atoms. The first kappa shape index (κ1) is 25.9. The predicted molar refractivity (Wildman–Crippen MR) is 144 cm³/mol. The number of ether oxygens (including phenoxy) is 2. The van der Waals surface area contributed by atoms with Gasteiger partial charge in [-0.25, -0.2) is 13.2 Å². The van der Waals surface area contributed by atoms with Crippen molar-refractivity contribution in [2.45, 2.75) is 11.8 Å². The maximum absolute atomic E-state index is 13.1. The van der Waals surface area contributed by atoms with Gasteiger partial charge in [-0.2, -0.15) is 0 Å². The summed E-state index contributed by atoms with van der Waals surface area (Å²) < 4.78 is 38.3. The highest BCUT2D eigenvalue weighted by atomic mass is 32.2. The second kappa shape index (κ2) is 11.3. The van der Waals surface area contributed by atoms with Crippen LogP contribution in [0.2, 0.25) is 0 Å². The molecule has 0 aliphatic carbocycles. The molecule has 0 radical (unpaired) electrons. The zero-order valence-electron chi connectivity index (χ0n) is 20.1. The van der Waals surface area contributed by atoms with Crippen molar-refractivity contribution in [1.82, 2.24) is 0 Å². The number of methoxy groups -OCH3 is 1. The Morgan fingerprint density at radius 2 is 1.65 bits per heavy atom. The predicted octanol–water partition coefficient (Wildman–Crippen LogP) is 5.65. The van der Waals surface area contributed by atoms with E-state index in [1.807, 2.05) is 30.3 Å². The molecule has 0 saturated heterocycles. The minimum absolute atomic E-state index is 0.0500. The Kier molecular flexibility index (Phi) is 7.90. The topological polar surface area (TPSA) is 111 Å². The van der Waals surface area contributed by atoms with Gasteiger partial charge in [-0.3, -0.25) is 9.52 Å². The van der Waals surface area contributed by atoms with E-state index in [0.29, 0.717) is 11.4 Å². The summed E-state index contributed by atoms with van der Waals surface area (Å²) in [6.07, 6.45) is 0. The third kappa shape index (κ3) is 6.16. The van der Waals surface area contributed by atoms with Crippen molar-refractivity contribution in [3.8, 4) is 16.2 Å². The van der Waals surface area contributed by atoms with Gasteiger partial charge >= 0.3 is 5.97 Å². The summed E-state index contributed by atoms with van der Waals surface area (Å²) in [4.78, 5) is 26.8. The molecule has 0 fully saturated rings. The molecule has 1 amide bonds. The quantitative estimate of drug-likeness (QED) is 0.267. The highest BCUT2D eigenvalue weighted by molar-refractivity contribution is 7.92. The van der Waals surface area contributed by atoms with Crippen molar-refractivity contribution in [1.29, 1.82) is 0 Å². The van der Waals surface area contributed by atoms with E-state index < -0.39 is 21.9 Å². The molecular weight excluding hydrogens is 512 g/mol. The molecule has 10 heteroatoms. The van der Waals surface area contributed by atoms with Crippen LogP contribution in [-0.4, -0.2) is 34.0 Å². The number of esters is 1. The van der Waals surface area contributed by atoms with E-state index >= 15 is 0 Å². The minimum atomic E-state index is -3.89. The molecule has 8 nitrogen and oxygen atoms in total. The van der Waals surface area contributed by atoms with Gasteiger partial charge < -0.3 is 14.8 Å². The van der Waals surface area contributed by atoms with E-state index in [2.05, 4.69) is 10.0 Å². The molecule has 4 rings (SSSR count). The summed E-state index contributed by atoms with van der Waals surface area (Å²) in [7, 11) is -2.40. The number of rotatable bonds is 9. The Morgan fingerprint density at radius 3 is 2.32 bits per heavy atom. The number of hydrogen-bond donors (Lipinski definition) is 2. The van der Waals surface area contributed by atoms with Crippen molar-refractivity contribution in [3.63, 3.8) is 0 Å². The Hall–Kier alpha value is -4.15. The van der Waals surface area contributed by atoms with Gasteiger partial charge in [-0.15, -0.1) is 11.3 Å². The summed E-state index contributed by atoms with van der Waals surface area (Å²) >= 11 is 1.22. The molecule has 1 aromatic heterocycles. The van der Waals surface area contributed by atoms with Crippen molar-refractivity contribution in [2.24, 2.45) is 0 Å². The zero-order chi connectivity index (χ0) is 26.4. The Morgan fingerprint density at radius 1 is 0.919 bits per heavy atom. The lowest BCUT2D eigenvalue weighted by Gasteiger charge is -2.11. The SMILES string of the molecule is CCOC(=O)c1sc(-c2ccccc2)cc1NC(=O)c1cccc(NS(=O)(=O)c2ccc(OC)cc2)c1. The first-order chi connectivity index (χ1) is 17.8. The van der Waals surface area contributed by atoms with Crippen LogP contribution >= 0.6 is 11.3 Å². The summed E-state index contributed by atoms with van der Waals surface area (Å²) in [5.41, 5.74) is 1.63. The van der Waals surface area contributed by atoms with Gasteiger partial charge in [0.2, 0.25) is 0 Å². The van der Waals surface area contributed by atoms with Gasteiger partial charge in [-0.1, -0.05) is 36.4 Å². The van der Waals surface area contributed by atoms with Crippen LogP contribution in [0.15, 0.2) is 89.8 Å². The molecule has 0 aliphatic rings. The minimum Gasteiger partial charge on any atom is -0.497 e. The van der Waals surface area contributed by atoms with E-state index in [0.717, 1.165) is 10.4 Å². The van der Waals surface area contributed by atoms with Gasteiger partial charge in [-0.05, 0) is 61.0 Å². The zero-order valence-corrected chi connectivity index (χ0v) is 21.7. The summed E-state index contributed by atoms with van der Waals surface area (Å²) in [6.45, 7) is 1.90.